The molecule has 2 rings (SSSR count). The maximum absolute atomic E-state index is 12.5. The van der Waals surface area contributed by atoms with Crippen molar-refractivity contribution < 1.29 is 4.79 Å². The third kappa shape index (κ3) is 4.73. The summed E-state index contributed by atoms with van der Waals surface area (Å²) in [6.07, 6.45) is 0. The maximum atomic E-state index is 12.5. The molecule has 1 aromatic rings. The minimum absolute atomic E-state index is 0.245. The van der Waals surface area contributed by atoms with Gasteiger partial charge in [-0.3, -0.25) is 9.69 Å². The summed E-state index contributed by atoms with van der Waals surface area (Å²) >= 11 is 0. The van der Waals surface area contributed by atoms with Crippen molar-refractivity contribution in [2.24, 2.45) is 5.92 Å². The first-order chi connectivity index (χ1) is 10.6. The third-order valence-corrected chi connectivity index (χ3v) is 4.18. The molecular weight excluding hydrogens is 274 g/mol. The van der Waals surface area contributed by atoms with Crippen LogP contribution >= 0.6 is 0 Å². The van der Waals surface area contributed by atoms with Crippen LogP contribution in [0.1, 0.15) is 20.8 Å². The van der Waals surface area contributed by atoms with Gasteiger partial charge < -0.3 is 9.80 Å². The number of piperazine rings is 1. The molecule has 4 nitrogen and oxygen atoms in total. The van der Waals surface area contributed by atoms with E-state index in [4.69, 9.17) is 0 Å². The Hall–Kier alpha value is -1.55. The molecule has 4 heteroatoms. The number of carbonyl (C=O) groups excluding carboxylic acids is 1. The molecule has 0 radical (unpaired) electrons. The lowest BCUT2D eigenvalue weighted by atomic mass is 10.2. The predicted octanol–water partition coefficient (Wildman–Crippen LogP) is 2.31. The van der Waals surface area contributed by atoms with Gasteiger partial charge in [-0.05, 0) is 25.0 Å². The number of para-hydroxylation sites is 1. The maximum Gasteiger partial charge on any atom is 0.242 e. The fraction of sp³-hybridized carbons (Fsp3) is 0.611. The smallest absolute Gasteiger partial charge is 0.242 e. The van der Waals surface area contributed by atoms with Gasteiger partial charge in [0.05, 0.1) is 6.54 Å². The van der Waals surface area contributed by atoms with Gasteiger partial charge in [0.25, 0.3) is 0 Å². The lowest BCUT2D eigenvalue weighted by molar-refractivity contribution is -0.131. The van der Waals surface area contributed by atoms with Crippen molar-refractivity contribution in [1.29, 1.82) is 0 Å². The van der Waals surface area contributed by atoms with Crippen LogP contribution in [-0.4, -0.2) is 61.5 Å². The Labute approximate surface area is 134 Å². The molecule has 1 saturated heterocycles. The molecule has 0 saturated carbocycles. The highest BCUT2D eigenvalue weighted by molar-refractivity contribution is 5.81. The Kier molecular flexibility index (Phi) is 6.25. The van der Waals surface area contributed by atoms with Gasteiger partial charge in [0.15, 0.2) is 0 Å². The van der Waals surface area contributed by atoms with E-state index in [0.29, 0.717) is 12.5 Å². The monoisotopic (exact) mass is 303 g/mol. The van der Waals surface area contributed by atoms with Crippen molar-refractivity contribution in [3.8, 4) is 0 Å². The van der Waals surface area contributed by atoms with Crippen LogP contribution in [0.25, 0.3) is 0 Å². The Morgan fingerprint density at radius 2 is 1.77 bits per heavy atom. The third-order valence-electron chi connectivity index (χ3n) is 4.18. The van der Waals surface area contributed by atoms with E-state index < -0.39 is 0 Å². The lowest BCUT2D eigenvalue weighted by Crippen LogP contribution is -2.51. The van der Waals surface area contributed by atoms with Gasteiger partial charge in [-0.15, -0.1) is 0 Å². The quantitative estimate of drug-likeness (QED) is 0.807. The number of benzene rings is 1. The molecule has 0 aromatic heterocycles. The summed E-state index contributed by atoms with van der Waals surface area (Å²) in [7, 11) is 0. The number of carbonyl (C=O) groups is 1. The summed E-state index contributed by atoms with van der Waals surface area (Å²) < 4.78 is 0. The van der Waals surface area contributed by atoms with Crippen molar-refractivity contribution in [2.45, 2.75) is 20.8 Å². The van der Waals surface area contributed by atoms with Gasteiger partial charge in [-0.25, -0.2) is 0 Å². The number of anilines is 1. The molecule has 0 spiro atoms. The van der Waals surface area contributed by atoms with Crippen LogP contribution < -0.4 is 4.90 Å². The number of hydrogen-bond donors (Lipinski definition) is 0. The molecule has 1 aliphatic rings. The van der Waals surface area contributed by atoms with Gasteiger partial charge in [-0.1, -0.05) is 32.0 Å². The summed E-state index contributed by atoms with van der Waals surface area (Å²) in [4.78, 5) is 19.2. The predicted molar refractivity (Wildman–Crippen MR) is 92.2 cm³/mol. The zero-order valence-electron chi connectivity index (χ0n) is 14.2. The zero-order chi connectivity index (χ0) is 15.9. The minimum atomic E-state index is 0.245. The topological polar surface area (TPSA) is 26.8 Å². The highest BCUT2D eigenvalue weighted by atomic mass is 16.2. The molecule has 1 heterocycles. The Balaban J connectivity index is 1.85. The molecule has 122 valence electrons. The van der Waals surface area contributed by atoms with Crippen LogP contribution in [0.4, 0.5) is 5.69 Å². The van der Waals surface area contributed by atoms with Crippen LogP contribution in [0.15, 0.2) is 30.3 Å². The zero-order valence-corrected chi connectivity index (χ0v) is 14.2. The number of rotatable bonds is 6. The van der Waals surface area contributed by atoms with Crippen LogP contribution in [0.3, 0.4) is 0 Å². The van der Waals surface area contributed by atoms with E-state index in [1.807, 2.05) is 23.1 Å². The minimum Gasteiger partial charge on any atom is -0.362 e. The highest BCUT2D eigenvalue weighted by Crippen LogP contribution is 2.13. The van der Waals surface area contributed by atoms with Gasteiger partial charge in [0.1, 0.15) is 0 Å². The molecule has 0 aliphatic carbocycles. The molecular formula is C18H29N3O. The van der Waals surface area contributed by atoms with Crippen LogP contribution in [-0.2, 0) is 4.79 Å². The molecule has 1 amide bonds. The van der Waals surface area contributed by atoms with E-state index >= 15 is 0 Å². The van der Waals surface area contributed by atoms with Gasteiger partial charge >= 0.3 is 0 Å². The standard InChI is InChI=1S/C18H29N3O/c1-4-20(17-8-6-5-7-9-17)15-18(22)21-12-10-19(11-13-21)14-16(2)3/h5-9,16H,4,10-15H2,1-3H3. The lowest BCUT2D eigenvalue weighted by Gasteiger charge is -2.36. The fourth-order valence-corrected chi connectivity index (χ4v) is 2.98. The fourth-order valence-electron chi connectivity index (χ4n) is 2.98. The molecule has 1 aliphatic heterocycles. The highest BCUT2D eigenvalue weighted by Gasteiger charge is 2.22. The van der Waals surface area contributed by atoms with Crippen molar-refractivity contribution in [1.82, 2.24) is 9.80 Å². The summed E-state index contributed by atoms with van der Waals surface area (Å²) in [5.74, 6) is 0.936. The second kappa shape index (κ2) is 8.18. The van der Waals surface area contributed by atoms with E-state index in [2.05, 4.69) is 42.7 Å². The molecule has 22 heavy (non-hydrogen) atoms. The van der Waals surface area contributed by atoms with E-state index in [-0.39, 0.29) is 5.91 Å². The Bertz CT molecular complexity index is 453. The van der Waals surface area contributed by atoms with Gasteiger partial charge in [0, 0.05) is 45.0 Å². The molecule has 0 unspecified atom stereocenters. The van der Waals surface area contributed by atoms with Gasteiger partial charge in [-0.2, -0.15) is 0 Å². The molecule has 0 atom stereocenters. The average Bonchev–Trinajstić information content (AvgIpc) is 2.53. The first kappa shape index (κ1) is 16.8. The second-order valence-electron chi connectivity index (χ2n) is 6.42. The number of nitrogens with zero attached hydrogens (tertiary/aromatic N) is 3. The van der Waals surface area contributed by atoms with E-state index in [1.165, 1.54) is 0 Å². The molecule has 0 N–H and O–H groups in total. The number of likely N-dealkylation sites (N-methyl/N-ethyl adjacent to an activating group) is 1. The van der Waals surface area contributed by atoms with E-state index in [0.717, 1.165) is 45.0 Å². The average molecular weight is 303 g/mol. The molecule has 1 fully saturated rings. The largest absolute Gasteiger partial charge is 0.362 e. The number of amides is 1. The molecule has 0 bridgehead atoms. The SMILES string of the molecule is CCN(CC(=O)N1CCN(CC(C)C)CC1)c1ccccc1. The summed E-state index contributed by atoms with van der Waals surface area (Å²) in [6, 6.07) is 10.2. The van der Waals surface area contributed by atoms with Crippen LogP contribution in [0.5, 0.6) is 0 Å². The second-order valence-corrected chi connectivity index (χ2v) is 6.42. The summed E-state index contributed by atoms with van der Waals surface area (Å²) in [6.45, 7) is 12.8. The van der Waals surface area contributed by atoms with Gasteiger partial charge in [0.2, 0.25) is 5.91 Å². The van der Waals surface area contributed by atoms with Crippen LogP contribution in [0, 0.1) is 5.92 Å². The number of hydrogen-bond acceptors (Lipinski definition) is 3. The van der Waals surface area contributed by atoms with Crippen molar-refractivity contribution in [3.63, 3.8) is 0 Å². The summed E-state index contributed by atoms with van der Waals surface area (Å²) in [5, 5.41) is 0. The van der Waals surface area contributed by atoms with Crippen LogP contribution in [0.2, 0.25) is 0 Å². The molecule has 1 aromatic carbocycles. The van der Waals surface area contributed by atoms with E-state index in [9.17, 15) is 4.79 Å². The first-order valence-electron chi connectivity index (χ1n) is 8.40. The Morgan fingerprint density at radius 1 is 1.14 bits per heavy atom. The Morgan fingerprint density at radius 3 is 2.32 bits per heavy atom. The van der Waals surface area contributed by atoms with Crippen molar-refractivity contribution in [2.75, 3.05) is 50.7 Å². The normalized spacial score (nSPS) is 16.1. The van der Waals surface area contributed by atoms with E-state index in [1.54, 1.807) is 0 Å². The first-order valence-corrected chi connectivity index (χ1v) is 8.40. The van der Waals surface area contributed by atoms with Crippen molar-refractivity contribution >= 4 is 11.6 Å². The summed E-state index contributed by atoms with van der Waals surface area (Å²) in [5.41, 5.74) is 1.12. The van der Waals surface area contributed by atoms with Crippen molar-refractivity contribution in [3.05, 3.63) is 30.3 Å².